The lowest BCUT2D eigenvalue weighted by molar-refractivity contribution is -0.151. The van der Waals surface area contributed by atoms with E-state index in [1.807, 2.05) is 31.2 Å². The molecule has 2 aromatic rings. The standard InChI is InChI=1S/C23H30N2O3/c1-3-28-20-11-10-17(13-21(20)27-2)14-25-15-18-7-6-8-19(16-25)23(18,26)22-9-4-5-12-24-22/h4-5,9-13,18-19,26H,3,6-8,14-16H2,1-2H3/t18-,19-/m1/s1. The van der Waals surface area contributed by atoms with Crippen molar-refractivity contribution in [3.8, 4) is 11.5 Å². The maximum atomic E-state index is 11.7. The van der Waals surface area contributed by atoms with Gasteiger partial charge in [0.15, 0.2) is 11.5 Å². The summed E-state index contributed by atoms with van der Waals surface area (Å²) in [4.78, 5) is 6.99. The Morgan fingerprint density at radius 3 is 2.57 bits per heavy atom. The van der Waals surface area contributed by atoms with Crippen LogP contribution in [0.15, 0.2) is 42.6 Å². The van der Waals surface area contributed by atoms with Gasteiger partial charge in [-0.05, 0) is 49.6 Å². The van der Waals surface area contributed by atoms with E-state index >= 15 is 0 Å². The molecule has 5 heteroatoms. The molecule has 28 heavy (non-hydrogen) atoms. The van der Waals surface area contributed by atoms with Crippen molar-refractivity contribution in [2.24, 2.45) is 11.8 Å². The first kappa shape index (κ1) is 19.2. The van der Waals surface area contributed by atoms with Gasteiger partial charge in [0.1, 0.15) is 5.60 Å². The predicted octanol–water partition coefficient (Wildman–Crippen LogP) is 3.61. The molecule has 1 aromatic carbocycles. The summed E-state index contributed by atoms with van der Waals surface area (Å²) in [5.74, 6) is 2.01. The summed E-state index contributed by atoms with van der Waals surface area (Å²) < 4.78 is 11.1. The van der Waals surface area contributed by atoms with Crippen molar-refractivity contribution in [1.82, 2.24) is 9.88 Å². The molecule has 1 saturated heterocycles. The van der Waals surface area contributed by atoms with Gasteiger partial charge >= 0.3 is 0 Å². The zero-order valence-electron chi connectivity index (χ0n) is 16.8. The number of aromatic nitrogens is 1. The van der Waals surface area contributed by atoms with Crippen molar-refractivity contribution in [3.05, 3.63) is 53.9 Å². The molecule has 0 spiro atoms. The van der Waals surface area contributed by atoms with Crippen molar-refractivity contribution in [3.63, 3.8) is 0 Å². The topological polar surface area (TPSA) is 54.8 Å². The highest BCUT2D eigenvalue weighted by Gasteiger charge is 2.52. The number of rotatable bonds is 6. The molecule has 2 atom stereocenters. The van der Waals surface area contributed by atoms with E-state index in [-0.39, 0.29) is 11.8 Å². The van der Waals surface area contributed by atoms with Crippen LogP contribution in [-0.2, 0) is 12.1 Å². The minimum Gasteiger partial charge on any atom is -0.493 e. The SMILES string of the molecule is CCOc1ccc(CN2C[C@H]3CCC[C@H](C2)C3(O)c2ccccn2)cc1OC. The molecule has 150 valence electrons. The number of piperidine rings is 1. The van der Waals surface area contributed by atoms with Gasteiger partial charge < -0.3 is 14.6 Å². The molecule has 1 N–H and O–H groups in total. The smallest absolute Gasteiger partial charge is 0.161 e. The number of nitrogens with zero attached hydrogens (tertiary/aromatic N) is 2. The highest BCUT2D eigenvalue weighted by atomic mass is 16.5. The molecule has 2 aliphatic rings. The van der Waals surface area contributed by atoms with Crippen LogP contribution in [0.2, 0.25) is 0 Å². The first-order valence-electron chi connectivity index (χ1n) is 10.3. The van der Waals surface area contributed by atoms with Crippen LogP contribution in [0.3, 0.4) is 0 Å². The molecule has 2 fully saturated rings. The Morgan fingerprint density at radius 2 is 1.93 bits per heavy atom. The minimum atomic E-state index is -0.799. The Labute approximate surface area is 167 Å². The van der Waals surface area contributed by atoms with Gasteiger partial charge in [-0.1, -0.05) is 18.6 Å². The molecular formula is C23H30N2O3. The maximum absolute atomic E-state index is 11.7. The summed E-state index contributed by atoms with van der Waals surface area (Å²) in [7, 11) is 1.68. The van der Waals surface area contributed by atoms with Gasteiger partial charge in [-0.2, -0.15) is 0 Å². The first-order chi connectivity index (χ1) is 13.6. The van der Waals surface area contributed by atoms with E-state index in [1.165, 1.54) is 12.0 Å². The zero-order valence-corrected chi connectivity index (χ0v) is 16.8. The second-order valence-corrected chi connectivity index (χ2v) is 7.98. The number of hydrogen-bond donors (Lipinski definition) is 1. The Hall–Kier alpha value is -2.11. The van der Waals surface area contributed by atoms with E-state index in [4.69, 9.17) is 9.47 Å². The van der Waals surface area contributed by atoms with Crippen LogP contribution in [-0.4, -0.2) is 41.8 Å². The van der Waals surface area contributed by atoms with Crippen LogP contribution in [0.5, 0.6) is 11.5 Å². The number of fused-ring (bicyclic) bond motifs is 2. The Bertz CT molecular complexity index is 782. The van der Waals surface area contributed by atoms with E-state index in [2.05, 4.69) is 22.0 Å². The van der Waals surface area contributed by atoms with Gasteiger partial charge in [-0.25, -0.2) is 0 Å². The fourth-order valence-corrected chi connectivity index (χ4v) is 5.03. The van der Waals surface area contributed by atoms with E-state index in [0.29, 0.717) is 6.61 Å². The van der Waals surface area contributed by atoms with Crippen LogP contribution in [0.25, 0.3) is 0 Å². The third-order valence-electron chi connectivity index (χ3n) is 6.32. The number of hydrogen-bond acceptors (Lipinski definition) is 5. The van der Waals surface area contributed by atoms with Crippen LogP contribution >= 0.6 is 0 Å². The zero-order chi connectivity index (χ0) is 19.6. The molecule has 1 aliphatic heterocycles. The van der Waals surface area contributed by atoms with Gasteiger partial charge in [0.05, 0.1) is 19.4 Å². The lowest BCUT2D eigenvalue weighted by Crippen LogP contribution is -2.58. The molecule has 2 heterocycles. The summed E-state index contributed by atoms with van der Waals surface area (Å²) in [6.07, 6.45) is 5.08. The molecular weight excluding hydrogens is 352 g/mol. The molecule has 0 unspecified atom stereocenters. The molecule has 1 aromatic heterocycles. The minimum absolute atomic E-state index is 0.222. The van der Waals surface area contributed by atoms with E-state index in [9.17, 15) is 5.11 Å². The van der Waals surface area contributed by atoms with Crippen LogP contribution in [0.1, 0.15) is 37.4 Å². The average molecular weight is 383 g/mol. The van der Waals surface area contributed by atoms with Gasteiger partial charge in [0.2, 0.25) is 0 Å². The molecule has 1 aliphatic carbocycles. The summed E-state index contributed by atoms with van der Waals surface area (Å²) in [6, 6.07) is 12.1. The van der Waals surface area contributed by atoms with E-state index < -0.39 is 5.60 Å². The lowest BCUT2D eigenvalue weighted by atomic mass is 9.64. The Kier molecular flexibility index (Phi) is 5.56. The lowest BCUT2D eigenvalue weighted by Gasteiger charge is -2.52. The fourth-order valence-electron chi connectivity index (χ4n) is 5.03. The van der Waals surface area contributed by atoms with Crippen molar-refractivity contribution in [1.29, 1.82) is 0 Å². The van der Waals surface area contributed by atoms with Crippen LogP contribution in [0, 0.1) is 11.8 Å². The molecule has 0 amide bonds. The number of benzene rings is 1. The summed E-state index contributed by atoms with van der Waals surface area (Å²) in [5.41, 5.74) is 1.25. The van der Waals surface area contributed by atoms with Gasteiger partial charge in [-0.3, -0.25) is 9.88 Å². The number of pyridine rings is 1. The normalized spacial score (nSPS) is 27.4. The first-order valence-corrected chi connectivity index (χ1v) is 10.3. The number of ether oxygens (including phenoxy) is 2. The fraction of sp³-hybridized carbons (Fsp3) is 0.522. The molecule has 4 rings (SSSR count). The molecule has 1 saturated carbocycles. The number of likely N-dealkylation sites (tertiary alicyclic amines) is 1. The molecule has 0 radical (unpaired) electrons. The van der Waals surface area contributed by atoms with E-state index in [1.54, 1.807) is 13.3 Å². The predicted molar refractivity (Wildman–Crippen MR) is 108 cm³/mol. The summed E-state index contributed by atoms with van der Waals surface area (Å²) in [5, 5.41) is 11.7. The van der Waals surface area contributed by atoms with Gasteiger partial charge in [0.25, 0.3) is 0 Å². The highest BCUT2D eigenvalue weighted by molar-refractivity contribution is 5.43. The largest absolute Gasteiger partial charge is 0.493 e. The monoisotopic (exact) mass is 382 g/mol. The Morgan fingerprint density at radius 1 is 1.14 bits per heavy atom. The number of methoxy groups -OCH3 is 1. The second kappa shape index (κ2) is 8.10. The summed E-state index contributed by atoms with van der Waals surface area (Å²) >= 11 is 0. The quantitative estimate of drug-likeness (QED) is 0.827. The van der Waals surface area contributed by atoms with Gasteiger partial charge in [-0.15, -0.1) is 0 Å². The summed E-state index contributed by atoms with van der Waals surface area (Å²) in [6.45, 7) is 5.23. The van der Waals surface area contributed by atoms with Crippen LogP contribution in [0.4, 0.5) is 0 Å². The van der Waals surface area contributed by atoms with Crippen molar-refractivity contribution >= 4 is 0 Å². The maximum Gasteiger partial charge on any atom is 0.161 e. The second-order valence-electron chi connectivity index (χ2n) is 7.98. The molecule has 5 nitrogen and oxygen atoms in total. The van der Waals surface area contributed by atoms with E-state index in [0.717, 1.165) is 49.7 Å². The Balaban J connectivity index is 1.52. The third-order valence-corrected chi connectivity index (χ3v) is 6.32. The van der Waals surface area contributed by atoms with Crippen molar-refractivity contribution < 1.29 is 14.6 Å². The number of aliphatic hydroxyl groups is 1. The van der Waals surface area contributed by atoms with Crippen molar-refractivity contribution in [2.45, 2.75) is 38.3 Å². The van der Waals surface area contributed by atoms with Crippen molar-refractivity contribution in [2.75, 3.05) is 26.8 Å². The van der Waals surface area contributed by atoms with Gasteiger partial charge in [0, 0.05) is 37.7 Å². The van der Waals surface area contributed by atoms with Crippen LogP contribution < -0.4 is 9.47 Å². The highest BCUT2D eigenvalue weighted by Crippen LogP contribution is 2.48. The molecule has 2 bridgehead atoms. The average Bonchev–Trinajstić information content (AvgIpc) is 2.71. The third kappa shape index (κ3) is 3.49.